The molecule has 0 radical (unpaired) electrons. The summed E-state index contributed by atoms with van der Waals surface area (Å²) in [5.41, 5.74) is 0.371. The minimum atomic E-state index is -0.575. The summed E-state index contributed by atoms with van der Waals surface area (Å²) in [5, 5.41) is 9.45. The topological polar surface area (TPSA) is 23.5 Å². The van der Waals surface area contributed by atoms with Gasteiger partial charge in [0.25, 0.3) is 0 Å². The van der Waals surface area contributed by atoms with E-state index in [0.29, 0.717) is 18.8 Å². The summed E-state index contributed by atoms with van der Waals surface area (Å²) in [6, 6.07) is 3.53. The molecule has 4 heteroatoms. The zero-order chi connectivity index (χ0) is 10.8. The molecular formula is C11H13F2NO. The highest BCUT2D eigenvalue weighted by Gasteiger charge is 2.20. The molecular weight excluding hydrogens is 200 g/mol. The molecule has 0 aliphatic carbocycles. The van der Waals surface area contributed by atoms with Gasteiger partial charge in [-0.2, -0.15) is 0 Å². The van der Waals surface area contributed by atoms with Gasteiger partial charge in [0.2, 0.25) is 0 Å². The summed E-state index contributed by atoms with van der Waals surface area (Å²) in [4.78, 5) is 1.75. The molecule has 1 fully saturated rings. The highest BCUT2D eigenvalue weighted by molar-refractivity contribution is 5.48. The minimum absolute atomic E-state index is 0.371. The van der Waals surface area contributed by atoms with Crippen LogP contribution < -0.4 is 4.90 Å². The van der Waals surface area contributed by atoms with Crippen LogP contribution in [-0.2, 0) is 0 Å². The van der Waals surface area contributed by atoms with E-state index in [-0.39, 0.29) is 0 Å². The van der Waals surface area contributed by atoms with E-state index in [1.165, 1.54) is 12.1 Å². The Morgan fingerprint density at radius 2 is 2.13 bits per heavy atom. The van der Waals surface area contributed by atoms with Crippen molar-refractivity contribution in [1.82, 2.24) is 0 Å². The fourth-order valence-electron chi connectivity index (χ4n) is 1.91. The standard InChI is InChI=1S/C11H13F2NO/c12-8-3-4-11(10(13)6-8)14-5-1-2-9(15)7-14/h3-4,6,9,15H,1-2,5,7H2. The van der Waals surface area contributed by atoms with E-state index in [4.69, 9.17) is 0 Å². The summed E-state index contributed by atoms with van der Waals surface area (Å²) in [6.45, 7) is 1.13. The number of hydrogen-bond acceptors (Lipinski definition) is 2. The molecule has 2 nitrogen and oxygen atoms in total. The van der Waals surface area contributed by atoms with E-state index in [2.05, 4.69) is 0 Å². The van der Waals surface area contributed by atoms with E-state index in [0.717, 1.165) is 18.9 Å². The molecule has 0 aromatic heterocycles. The highest BCUT2D eigenvalue weighted by Crippen LogP contribution is 2.23. The third kappa shape index (κ3) is 2.26. The van der Waals surface area contributed by atoms with Crippen LogP contribution >= 0.6 is 0 Å². The number of halogens is 2. The summed E-state index contributed by atoms with van der Waals surface area (Å²) >= 11 is 0. The van der Waals surface area contributed by atoms with Crippen LogP contribution in [0, 0.1) is 11.6 Å². The van der Waals surface area contributed by atoms with Crippen LogP contribution in [0.15, 0.2) is 18.2 Å². The quantitative estimate of drug-likeness (QED) is 0.770. The molecule has 1 aromatic rings. The highest BCUT2D eigenvalue weighted by atomic mass is 19.1. The van der Waals surface area contributed by atoms with Crippen molar-refractivity contribution in [2.24, 2.45) is 0 Å². The van der Waals surface area contributed by atoms with E-state index >= 15 is 0 Å². The Balaban J connectivity index is 2.21. The maximum absolute atomic E-state index is 13.4. The predicted molar refractivity (Wildman–Crippen MR) is 53.8 cm³/mol. The third-order valence-corrected chi connectivity index (χ3v) is 2.65. The van der Waals surface area contributed by atoms with Gasteiger partial charge in [0.1, 0.15) is 11.6 Å². The van der Waals surface area contributed by atoms with Crippen molar-refractivity contribution in [3.8, 4) is 0 Å². The second-order valence-corrected chi connectivity index (χ2v) is 3.84. The Bertz CT molecular complexity index is 356. The van der Waals surface area contributed by atoms with Crippen LogP contribution in [0.4, 0.5) is 14.5 Å². The van der Waals surface area contributed by atoms with Gasteiger partial charge in [0, 0.05) is 19.2 Å². The van der Waals surface area contributed by atoms with Gasteiger partial charge in [-0.05, 0) is 25.0 Å². The maximum Gasteiger partial charge on any atom is 0.149 e. The smallest absolute Gasteiger partial charge is 0.149 e. The van der Waals surface area contributed by atoms with Gasteiger partial charge in [-0.3, -0.25) is 0 Å². The molecule has 1 atom stereocenters. The average molecular weight is 213 g/mol. The molecule has 1 aromatic carbocycles. The molecule has 1 aliphatic rings. The molecule has 1 heterocycles. The molecule has 1 unspecified atom stereocenters. The molecule has 0 amide bonds. The lowest BCUT2D eigenvalue weighted by Gasteiger charge is -2.32. The largest absolute Gasteiger partial charge is 0.391 e. The van der Waals surface area contributed by atoms with Crippen LogP contribution in [0.3, 0.4) is 0 Å². The van der Waals surface area contributed by atoms with Crippen molar-refractivity contribution in [2.45, 2.75) is 18.9 Å². The average Bonchev–Trinajstić information content (AvgIpc) is 2.17. The van der Waals surface area contributed by atoms with Crippen LogP contribution in [0.2, 0.25) is 0 Å². The van der Waals surface area contributed by atoms with Crippen LogP contribution in [-0.4, -0.2) is 24.3 Å². The number of benzene rings is 1. The van der Waals surface area contributed by atoms with Crippen LogP contribution in [0.25, 0.3) is 0 Å². The predicted octanol–water partition coefficient (Wildman–Crippen LogP) is 1.93. The van der Waals surface area contributed by atoms with E-state index in [9.17, 15) is 13.9 Å². The summed E-state index contributed by atoms with van der Waals surface area (Å²) in [5.74, 6) is -1.14. The van der Waals surface area contributed by atoms with Gasteiger partial charge in [-0.1, -0.05) is 0 Å². The summed E-state index contributed by atoms with van der Waals surface area (Å²) < 4.78 is 26.1. The van der Waals surface area contributed by atoms with Gasteiger partial charge in [-0.15, -0.1) is 0 Å². The molecule has 0 bridgehead atoms. The zero-order valence-electron chi connectivity index (χ0n) is 8.29. The number of β-amino-alcohol motifs (C(OH)–C–C–N with tert-alkyl or cyclic N) is 1. The number of hydrogen-bond donors (Lipinski definition) is 1. The van der Waals surface area contributed by atoms with Crippen molar-refractivity contribution in [2.75, 3.05) is 18.0 Å². The van der Waals surface area contributed by atoms with Gasteiger partial charge in [-0.25, -0.2) is 8.78 Å². The lowest BCUT2D eigenvalue weighted by Crippen LogP contribution is -2.38. The van der Waals surface area contributed by atoms with Gasteiger partial charge in [0.15, 0.2) is 0 Å². The van der Waals surface area contributed by atoms with Gasteiger partial charge >= 0.3 is 0 Å². The van der Waals surface area contributed by atoms with Crippen molar-refractivity contribution in [3.05, 3.63) is 29.8 Å². The minimum Gasteiger partial charge on any atom is -0.391 e. The Labute approximate surface area is 87.1 Å². The fourth-order valence-corrected chi connectivity index (χ4v) is 1.91. The first kappa shape index (κ1) is 10.4. The number of aliphatic hydroxyl groups excluding tert-OH is 1. The Kier molecular flexibility index (Phi) is 2.86. The third-order valence-electron chi connectivity index (χ3n) is 2.65. The van der Waals surface area contributed by atoms with Crippen LogP contribution in [0.1, 0.15) is 12.8 Å². The molecule has 2 rings (SSSR count). The molecule has 15 heavy (non-hydrogen) atoms. The van der Waals surface area contributed by atoms with E-state index < -0.39 is 17.7 Å². The molecule has 0 saturated carbocycles. The Morgan fingerprint density at radius 1 is 1.33 bits per heavy atom. The van der Waals surface area contributed by atoms with Crippen molar-refractivity contribution in [3.63, 3.8) is 0 Å². The van der Waals surface area contributed by atoms with Gasteiger partial charge < -0.3 is 10.0 Å². The summed E-state index contributed by atoms with van der Waals surface area (Å²) in [6.07, 6.45) is 1.17. The molecule has 1 saturated heterocycles. The lowest BCUT2D eigenvalue weighted by atomic mass is 10.1. The van der Waals surface area contributed by atoms with Crippen molar-refractivity contribution >= 4 is 5.69 Å². The SMILES string of the molecule is OC1CCCN(c2ccc(F)cc2F)C1. The Hall–Kier alpha value is -1.16. The molecule has 0 spiro atoms. The van der Waals surface area contributed by atoms with E-state index in [1.807, 2.05) is 0 Å². The second-order valence-electron chi connectivity index (χ2n) is 3.84. The first-order chi connectivity index (χ1) is 7.16. The molecule has 1 aliphatic heterocycles. The second kappa shape index (κ2) is 4.14. The monoisotopic (exact) mass is 213 g/mol. The Morgan fingerprint density at radius 3 is 2.80 bits per heavy atom. The van der Waals surface area contributed by atoms with Crippen molar-refractivity contribution in [1.29, 1.82) is 0 Å². The molecule has 82 valence electrons. The van der Waals surface area contributed by atoms with Crippen LogP contribution in [0.5, 0.6) is 0 Å². The first-order valence-corrected chi connectivity index (χ1v) is 5.05. The zero-order valence-corrected chi connectivity index (χ0v) is 8.29. The first-order valence-electron chi connectivity index (χ1n) is 5.05. The van der Waals surface area contributed by atoms with Crippen molar-refractivity contribution < 1.29 is 13.9 Å². The molecule has 1 N–H and O–H groups in total. The summed E-state index contributed by atoms with van der Waals surface area (Å²) in [7, 11) is 0. The normalized spacial score (nSPS) is 21.8. The lowest BCUT2D eigenvalue weighted by molar-refractivity contribution is 0.154. The maximum atomic E-state index is 13.4. The van der Waals surface area contributed by atoms with E-state index in [1.54, 1.807) is 4.90 Å². The fraction of sp³-hybridized carbons (Fsp3) is 0.455. The number of anilines is 1. The number of piperidine rings is 1. The number of nitrogens with zero attached hydrogens (tertiary/aromatic N) is 1. The number of aliphatic hydroxyl groups is 1. The van der Waals surface area contributed by atoms with Gasteiger partial charge in [0.05, 0.1) is 11.8 Å². The number of rotatable bonds is 1.